The zero-order valence-corrected chi connectivity index (χ0v) is 9.01. The van der Waals surface area contributed by atoms with E-state index in [-0.39, 0.29) is 5.25 Å². The molecule has 1 aromatic rings. The summed E-state index contributed by atoms with van der Waals surface area (Å²) in [6, 6.07) is 6.21. The molecule has 3 rings (SSSR count). The van der Waals surface area contributed by atoms with Crippen molar-refractivity contribution in [1.82, 2.24) is 0 Å². The number of fused-ring (bicyclic) bond motifs is 3. The fraction of sp³-hybridized carbons (Fsp3) is 0.455. The van der Waals surface area contributed by atoms with Crippen molar-refractivity contribution in [2.45, 2.75) is 25.0 Å². The van der Waals surface area contributed by atoms with Crippen LogP contribution in [0.15, 0.2) is 22.6 Å². The first-order valence-corrected chi connectivity index (χ1v) is 6.78. The highest BCUT2D eigenvalue weighted by atomic mass is 32.2. The average Bonchev–Trinajstić information content (AvgIpc) is 2.60. The molecular weight excluding hydrogens is 194 g/mol. The Bertz CT molecular complexity index is 512. The molecule has 2 aliphatic heterocycles. The predicted molar refractivity (Wildman–Crippen MR) is 58.3 cm³/mol. The number of rotatable bonds is 0. The van der Waals surface area contributed by atoms with Crippen LogP contribution in [0, 0.1) is 6.92 Å². The van der Waals surface area contributed by atoms with Gasteiger partial charge in [-0.05, 0) is 31.4 Å². The molecule has 0 bridgehead atoms. The van der Waals surface area contributed by atoms with Gasteiger partial charge in [-0.15, -0.1) is 0 Å². The van der Waals surface area contributed by atoms with Crippen molar-refractivity contribution < 1.29 is 4.21 Å². The average molecular weight is 207 g/mol. The molecule has 0 N–H and O–H groups in total. The third kappa shape index (κ3) is 0.989. The number of benzene rings is 1. The van der Waals surface area contributed by atoms with E-state index in [0.717, 1.165) is 24.3 Å². The molecule has 14 heavy (non-hydrogen) atoms. The van der Waals surface area contributed by atoms with Gasteiger partial charge in [-0.2, -0.15) is 4.36 Å². The van der Waals surface area contributed by atoms with E-state index in [9.17, 15) is 4.21 Å². The van der Waals surface area contributed by atoms with Gasteiger partial charge in [0.2, 0.25) is 0 Å². The summed E-state index contributed by atoms with van der Waals surface area (Å²) in [5.41, 5.74) is 3.45. The van der Waals surface area contributed by atoms with Gasteiger partial charge in [0.15, 0.2) is 0 Å². The maximum Gasteiger partial charge on any atom is 0.0775 e. The maximum absolute atomic E-state index is 12.3. The molecule has 1 fully saturated rings. The highest BCUT2D eigenvalue weighted by Gasteiger charge is 2.37. The van der Waals surface area contributed by atoms with Gasteiger partial charge in [0.25, 0.3) is 0 Å². The van der Waals surface area contributed by atoms with Gasteiger partial charge in [0, 0.05) is 5.75 Å². The standard InChI is InChI=1S/C11H13NOS/c1-8-4-5-10-9(7-8)11-3-2-6-14(11,13)12-10/h4-5,7,11H,2-3,6H2,1H3. The summed E-state index contributed by atoms with van der Waals surface area (Å²) in [5.74, 6) is 0.797. The van der Waals surface area contributed by atoms with Gasteiger partial charge in [-0.25, -0.2) is 4.21 Å². The predicted octanol–water partition coefficient (Wildman–Crippen LogP) is 2.94. The van der Waals surface area contributed by atoms with Crippen LogP contribution >= 0.6 is 0 Å². The van der Waals surface area contributed by atoms with Crippen LogP contribution in [0.1, 0.15) is 29.2 Å². The van der Waals surface area contributed by atoms with Crippen molar-refractivity contribution in [2.75, 3.05) is 5.75 Å². The summed E-state index contributed by atoms with van der Waals surface area (Å²) in [5, 5.41) is 0.234. The highest BCUT2D eigenvalue weighted by Crippen LogP contribution is 2.47. The van der Waals surface area contributed by atoms with Gasteiger partial charge in [0.05, 0.1) is 20.7 Å². The van der Waals surface area contributed by atoms with Gasteiger partial charge in [-0.1, -0.05) is 17.7 Å². The molecule has 1 aromatic carbocycles. The zero-order chi connectivity index (χ0) is 9.76. The van der Waals surface area contributed by atoms with Crippen LogP contribution in [-0.4, -0.2) is 9.96 Å². The third-order valence-electron chi connectivity index (χ3n) is 3.13. The summed E-state index contributed by atoms with van der Waals surface area (Å²) >= 11 is 0. The van der Waals surface area contributed by atoms with Gasteiger partial charge in [-0.3, -0.25) is 0 Å². The van der Waals surface area contributed by atoms with Crippen LogP contribution in [0.2, 0.25) is 0 Å². The van der Waals surface area contributed by atoms with Crippen molar-refractivity contribution in [1.29, 1.82) is 0 Å². The number of hydrogen-bond donors (Lipinski definition) is 0. The molecule has 2 aliphatic rings. The number of aryl methyl sites for hydroxylation is 1. The molecule has 2 nitrogen and oxygen atoms in total. The molecule has 74 valence electrons. The smallest absolute Gasteiger partial charge is 0.0775 e. The van der Waals surface area contributed by atoms with Crippen molar-refractivity contribution >= 4 is 15.4 Å². The third-order valence-corrected chi connectivity index (χ3v) is 5.89. The Morgan fingerprint density at radius 3 is 3.21 bits per heavy atom. The first kappa shape index (κ1) is 8.48. The first-order valence-electron chi connectivity index (χ1n) is 5.03. The highest BCUT2D eigenvalue weighted by molar-refractivity contribution is 7.94. The number of nitrogens with zero attached hydrogens (tertiary/aromatic N) is 1. The summed E-state index contributed by atoms with van der Waals surface area (Å²) < 4.78 is 16.8. The van der Waals surface area contributed by atoms with Gasteiger partial charge < -0.3 is 0 Å². The second-order valence-electron chi connectivity index (χ2n) is 4.18. The Morgan fingerprint density at radius 2 is 2.36 bits per heavy atom. The Kier molecular flexibility index (Phi) is 1.57. The van der Waals surface area contributed by atoms with E-state index < -0.39 is 9.73 Å². The summed E-state index contributed by atoms with van der Waals surface area (Å²) in [4.78, 5) is 0. The lowest BCUT2D eigenvalue weighted by atomic mass is 10.0. The zero-order valence-electron chi connectivity index (χ0n) is 8.19. The minimum atomic E-state index is -1.91. The van der Waals surface area contributed by atoms with Crippen molar-refractivity contribution in [3.8, 4) is 0 Å². The minimum absolute atomic E-state index is 0.234. The fourth-order valence-electron chi connectivity index (χ4n) is 2.45. The monoisotopic (exact) mass is 207 g/mol. The number of hydrogen-bond acceptors (Lipinski definition) is 2. The van der Waals surface area contributed by atoms with Crippen LogP contribution in [0.4, 0.5) is 5.69 Å². The largest absolute Gasteiger partial charge is 0.249 e. The maximum atomic E-state index is 12.3. The first-order chi connectivity index (χ1) is 6.69. The van der Waals surface area contributed by atoms with Crippen LogP contribution in [-0.2, 0) is 9.73 Å². The minimum Gasteiger partial charge on any atom is -0.249 e. The fourth-order valence-corrected chi connectivity index (χ4v) is 5.15. The van der Waals surface area contributed by atoms with Crippen LogP contribution < -0.4 is 0 Å². The lowest BCUT2D eigenvalue weighted by molar-refractivity contribution is 0.675. The lowest BCUT2D eigenvalue weighted by Crippen LogP contribution is -2.01. The molecule has 0 saturated carbocycles. The molecule has 3 heteroatoms. The molecule has 2 atom stereocenters. The second kappa shape index (κ2) is 2.60. The van der Waals surface area contributed by atoms with E-state index in [1.807, 2.05) is 12.1 Å². The Morgan fingerprint density at radius 1 is 1.50 bits per heavy atom. The molecule has 0 aromatic heterocycles. The van der Waals surface area contributed by atoms with Crippen LogP contribution in [0.25, 0.3) is 0 Å². The Balaban J connectivity index is 2.26. The molecular formula is C11H13NOS. The van der Waals surface area contributed by atoms with E-state index in [4.69, 9.17) is 0 Å². The van der Waals surface area contributed by atoms with E-state index in [1.54, 1.807) is 0 Å². The molecule has 1 saturated heterocycles. The Labute approximate surface area is 84.5 Å². The van der Waals surface area contributed by atoms with Crippen molar-refractivity contribution in [2.24, 2.45) is 4.36 Å². The molecule has 0 aliphatic carbocycles. The summed E-state index contributed by atoms with van der Waals surface area (Å²) in [6.07, 6.45) is 2.12. The summed E-state index contributed by atoms with van der Waals surface area (Å²) in [6.45, 7) is 2.08. The topological polar surface area (TPSA) is 29.4 Å². The van der Waals surface area contributed by atoms with Gasteiger partial charge in [0.1, 0.15) is 0 Å². The molecule has 2 unspecified atom stereocenters. The SMILES string of the molecule is Cc1ccc2c(c1)C1CCCS1(=O)=N2. The molecule has 2 heterocycles. The van der Waals surface area contributed by atoms with Crippen molar-refractivity contribution in [3.05, 3.63) is 29.3 Å². The quantitative estimate of drug-likeness (QED) is 0.643. The van der Waals surface area contributed by atoms with Crippen LogP contribution in [0.5, 0.6) is 0 Å². The van der Waals surface area contributed by atoms with Crippen LogP contribution in [0.3, 0.4) is 0 Å². The second-order valence-corrected chi connectivity index (χ2v) is 6.72. The van der Waals surface area contributed by atoms with E-state index in [0.29, 0.717) is 0 Å². The lowest BCUT2D eigenvalue weighted by Gasteiger charge is -2.06. The Hall–Kier alpha value is -0.830. The van der Waals surface area contributed by atoms with Gasteiger partial charge >= 0.3 is 0 Å². The normalized spacial score (nSPS) is 33.6. The molecule has 0 spiro atoms. The molecule has 0 amide bonds. The van der Waals surface area contributed by atoms with E-state index in [1.165, 1.54) is 11.1 Å². The molecule has 0 radical (unpaired) electrons. The van der Waals surface area contributed by atoms with Crippen molar-refractivity contribution in [3.63, 3.8) is 0 Å². The van der Waals surface area contributed by atoms with E-state index in [2.05, 4.69) is 17.4 Å². The summed E-state index contributed by atoms with van der Waals surface area (Å²) in [7, 11) is -1.91. The van der Waals surface area contributed by atoms with E-state index >= 15 is 0 Å².